The van der Waals surface area contributed by atoms with Gasteiger partial charge in [0.25, 0.3) is 0 Å². The van der Waals surface area contributed by atoms with Crippen molar-refractivity contribution in [3.8, 4) is 0 Å². The van der Waals surface area contributed by atoms with Gasteiger partial charge >= 0.3 is 0 Å². The average molecular weight is 251 g/mol. The maximum Gasteiger partial charge on any atom is 0.152 e. The minimum absolute atomic E-state index is 0.238. The van der Waals surface area contributed by atoms with Gasteiger partial charge in [-0.25, -0.2) is 9.37 Å². The number of aromatic nitrogens is 1. The first kappa shape index (κ1) is 11.9. The molecular weight excluding hydrogens is 239 g/mol. The minimum Gasteiger partial charge on any atom is -0.378 e. The maximum absolute atomic E-state index is 13.0. The highest BCUT2D eigenvalue weighted by molar-refractivity contribution is 6.31. The lowest BCUT2D eigenvalue weighted by atomic mass is 10.2. The van der Waals surface area contributed by atoms with Crippen LogP contribution in [0.25, 0.3) is 0 Å². The van der Waals surface area contributed by atoms with Crippen LogP contribution in [0, 0.1) is 12.7 Å². The number of hydrogen-bond donors (Lipinski definition) is 1. The molecular formula is C13H12ClFN2. The van der Waals surface area contributed by atoms with Crippen molar-refractivity contribution in [2.24, 2.45) is 0 Å². The number of nitrogens with zero attached hydrogens (tertiary/aromatic N) is 1. The van der Waals surface area contributed by atoms with Gasteiger partial charge in [-0.05, 0) is 36.2 Å². The van der Waals surface area contributed by atoms with E-state index in [1.165, 1.54) is 12.1 Å². The van der Waals surface area contributed by atoms with Crippen molar-refractivity contribution in [2.45, 2.75) is 13.5 Å². The summed E-state index contributed by atoms with van der Waals surface area (Å²) in [5.41, 5.74) is 2.65. The molecule has 17 heavy (non-hydrogen) atoms. The molecule has 2 nitrogen and oxygen atoms in total. The Bertz CT molecular complexity index is 529. The van der Waals surface area contributed by atoms with Crippen LogP contribution < -0.4 is 5.32 Å². The number of nitrogens with one attached hydrogen (secondary N) is 1. The summed E-state index contributed by atoms with van der Waals surface area (Å²) in [6.07, 6.45) is 1.70. The number of rotatable bonds is 3. The third-order valence-electron chi connectivity index (χ3n) is 2.35. The Kier molecular flexibility index (Phi) is 3.59. The number of pyridine rings is 1. The summed E-state index contributed by atoms with van der Waals surface area (Å²) in [5.74, 6) is -0.238. The lowest BCUT2D eigenvalue weighted by Gasteiger charge is -2.08. The van der Waals surface area contributed by atoms with E-state index in [-0.39, 0.29) is 5.82 Å². The van der Waals surface area contributed by atoms with Crippen LogP contribution in [0.1, 0.15) is 11.1 Å². The fourth-order valence-electron chi connectivity index (χ4n) is 1.52. The fraction of sp³-hybridized carbons (Fsp3) is 0.154. The summed E-state index contributed by atoms with van der Waals surface area (Å²) in [7, 11) is 0. The monoisotopic (exact) mass is 250 g/mol. The van der Waals surface area contributed by atoms with Gasteiger partial charge in [0, 0.05) is 12.7 Å². The molecule has 0 unspecified atom stereocenters. The number of aryl methyl sites for hydroxylation is 1. The molecule has 0 fully saturated rings. The van der Waals surface area contributed by atoms with E-state index >= 15 is 0 Å². The van der Waals surface area contributed by atoms with E-state index in [1.807, 2.05) is 19.1 Å². The summed E-state index contributed by atoms with van der Waals surface area (Å²) in [4.78, 5) is 4.04. The summed E-state index contributed by atoms with van der Waals surface area (Å²) >= 11 is 5.95. The molecule has 0 atom stereocenters. The number of benzene rings is 1. The first-order chi connectivity index (χ1) is 8.15. The lowest BCUT2D eigenvalue weighted by molar-refractivity contribution is 0.626. The molecule has 0 saturated carbocycles. The van der Waals surface area contributed by atoms with Crippen LogP contribution in [0.3, 0.4) is 0 Å². The Labute approximate surface area is 104 Å². The molecule has 2 aromatic rings. The van der Waals surface area contributed by atoms with Crippen molar-refractivity contribution in [1.29, 1.82) is 0 Å². The quantitative estimate of drug-likeness (QED) is 0.839. The maximum atomic E-state index is 13.0. The first-order valence-corrected chi connectivity index (χ1v) is 5.63. The summed E-state index contributed by atoms with van der Waals surface area (Å²) < 4.78 is 13.0. The highest BCUT2D eigenvalue weighted by atomic mass is 35.5. The van der Waals surface area contributed by atoms with E-state index in [2.05, 4.69) is 10.3 Å². The fourth-order valence-corrected chi connectivity index (χ4v) is 1.69. The zero-order valence-electron chi connectivity index (χ0n) is 9.37. The van der Waals surface area contributed by atoms with Gasteiger partial charge in [-0.2, -0.15) is 0 Å². The van der Waals surface area contributed by atoms with E-state index in [4.69, 9.17) is 11.6 Å². The van der Waals surface area contributed by atoms with Crippen LogP contribution in [-0.4, -0.2) is 4.98 Å². The molecule has 0 aliphatic rings. The molecule has 0 bridgehead atoms. The lowest BCUT2D eigenvalue weighted by Crippen LogP contribution is -2.01. The third-order valence-corrected chi connectivity index (χ3v) is 2.65. The second-order valence-electron chi connectivity index (χ2n) is 3.83. The smallest absolute Gasteiger partial charge is 0.152 e. The van der Waals surface area contributed by atoms with Gasteiger partial charge in [-0.1, -0.05) is 23.7 Å². The van der Waals surface area contributed by atoms with Gasteiger partial charge in [-0.15, -0.1) is 0 Å². The molecule has 0 saturated heterocycles. The summed E-state index contributed by atoms with van der Waals surface area (Å²) in [6.45, 7) is 2.46. The second-order valence-corrected chi connectivity index (χ2v) is 4.19. The zero-order valence-corrected chi connectivity index (χ0v) is 10.1. The van der Waals surface area contributed by atoms with E-state index in [9.17, 15) is 4.39 Å². The summed E-state index contributed by atoms with van der Waals surface area (Å²) in [5, 5.41) is 3.56. The Morgan fingerprint density at radius 3 is 2.94 bits per heavy atom. The van der Waals surface area contributed by atoms with Gasteiger partial charge in [0.15, 0.2) is 5.15 Å². The molecule has 1 N–H and O–H groups in total. The van der Waals surface area contributed by atoms with Crippen molar-refractivity contribution in [3.63, 3.8) is 0 Å². The van der Waals surface area contributed by atoms with Crippen LogP contribution >= 0.6 is 11.6 Å². The second kappa shape index (κ2) is 5.15. The van der Waals surface area contributed by atoms with Crippen molar-refractivity contribution in [2.75, 3.05) is 5.32 Å². The van der Waals surface area contributed by atoms with Crippen LogP contribution in [0.5, 0.6) is 0 Å². The van der Waals surface area contributed by atoms with Gasteiger partial charge in [-0.3, -0.25) is 0 Å². The van der Waals surface area contributed by atoms with Crippen molar-refractivity contribution < 1.29 is 4.39 Å². The predicted octanol–water partition coefficient (Wildman–Crippen LogP) is 3.79. The van der Waals surface area contributed by atoms with Gasteiger partial charge in [0.2, 0.25) is 0 Å². The highest BCUT2D eigenvalue weighted by Crippen LogP contribution is 2.20. The van der Waals surface area contributed by atoms with Gasteiger partial charge < -0.3 is 5.32 Å². The van der Waals surface area contributed by atoms with Crippen molar-refractivity contribution in [3.05, 3.63) is 58.6 Å². The Morgan fingerprint density at radius 1 is 1.35 bits per heavy atom. The molecule has 1 aromatic heterocycles. The first-order valence-electron chi connectivity index (χ1n) is 5.25. The molecule has 88 valence electrons. The van der Waals surface area contributed by atoms with E-state index in [1.54, 1.807) is 12.3 Å². The van der Waals surface area contributed by atoms with Crippen molar-refractivity contribution >= 4 is 17.3 Å². The molecule has 0 amide bonds. The third kappa shape index (κ3) is 3.17. The SMILES string of the molecule is Cc1cnc(Cl)c(NCc2cccc(F)c2)c1. The molecule has 2 rings (SSSR count). The predicted molar refractivity (Wildman–Crippen MR) is 67.7 cm³/mol. The Balaban J connectivity index is 2.09. The standard InChI is InChI=1S/C13H12ClFN2/c1-9-5-12(13(14)17-7-9)16-8-10-3-2-4-11(15)6-10/h2-7,16H,8H2,1H3. The van der Waals surface area contributed by atoms with Crippen LogP contribution in [0.2, 0.25) is 5.15 Å². The van der Waals surface area contributed by atoms with Crippen molar-refractivity contribution in [1.82, 2.24) is 4.98 Å². The number of halogens is 2. The molecule has 1 aromatic carbocycles. The van der Waals surface area contributed by atoms with Gasteiger partial charge in [0.05, 0.1) is 5.69 Å². The van der Waals surface area contributed by atoms with E-state index in [0.29, 0.717) is 11.7 Å². The molecule has 1 heterocycles. The van der Waals surface area contributed by atoms with E-state index in [0.717, 1.165) is 16.8 Å². The highest BCUT2D eigenvalue weighted by Gasteiger charge is 2.02. The topological polar surface area (TPSA) is 24.9 Å². The van der Waals surface area contributed by atoms with Crippen LogP contribution in [0.15, 0.2) is 36.5 Å². The Morgan fingerprint density at radius 2 is 2.18 bits per heavy atom. The summed E-state index contributed by atoms with van der Waals surface area (Å²) in [6, 6.07) is 8.36. The van der Waals surface area contributed by atoms with Crippen LogP contribution in [-0.2, 0) is 6.54 Å². The van der Waals surface area contributed by atoms with E-state index < -0.39 is 0 Å². The number of hydrogen-bond acceptors (Lipinski definition) is 2. The molecule has 0 radical (unpaired) electrons. The van der Waals surface area contributed by atoms with Crippen LogP contribution in [0.4, 0.5) is 10.1 Å². The normalized spacial score (nSPS) is 10.3. The zero-order chi connectivity index (χ0) is 12.3. The molecule has 0 spiro atoms. The largest absolute Gasteiger partial charge is 0.378 e. The van der Waals surface area contributed by atoms with Gasteiger partial charge in [0.1, 0.15) is 5.82 Å². The number of anilines is 1. The minimum atomic E-state index is -0.238. The average Bonchev–Trinajstić information content (AvgIpc) is 2.30. The molecule has 0 aliphatic heterocycles. The molecule has 0 aliphatic carbocycles. The molecule has 4 heteroatoms. The Hall–Kier alpha value is -1.61.